The van der Waals surface area contributed by atoms with Gasteiger partial charge in [-0.25, -0.2) is 0 Å². The van der Waals surface area contributed by atoms with E-state index in [9.17, 15) is 4.79 Å². The summed E-state index contributed by atoms with van der Waals surface area (Å²) in [7, 11) is 0. The molecule has 2 N–H and O–H groups in total. The van der Waals surface area contributed by atoms with E-state index in [1.54, 1.807) is 24.3 Å². The number of benzene rings is 3. The maximum atomic E-state index is 12.6. The molecule has 0 aliphatic carbocycles. The number of ether oxygens (including phenoxy) is 3. The van der Waals surface area contributed by atoms with Gasteiger partial charge < -0.3 is 19.5 Å². The monoisotopic (exact) mass is 476 g/mol. The first-order valence-electron chi connectivity index (χ1n) is 11.4. The molecule has 176 valence electrons. The van der Waals surface area contributed by atoms with Gasteiger partial charge in [-0.05, 0) is 67.0 Å². The van der Waals surface area contributed by atoms with Crippen LogP contribution < -0.4 is 20.1 Å². The zero-order valence-electron chi connectivity index (χ0n) is 18.9. The van der Waals surface area contributed by atoms with E-state index in [0.717, 1.165) is 37.3 Å². The summed E-state index contributed by atoms with van der Waals surface area (Å²) in [6.07, 6.45) is 3.07. The van der Waals surface area contributed by atoms with Crippen molar-refractivity contribution >= 4 is 28.9 Å². The van der Waals surface area contributed by atoms with Crippen molar-refractivity contribution in [1.82, 2.24) is 5.32 Å². The van der Waals surface area contributed by atoms with Gasteiger partial charge in [-0.2, -0.15) is 0 Å². The zero-order valence-corrected chi connectivity index (χ0v) is 19.7. The molecule has 1 saturated heterocycles. The van der Waals surface area contributed by atoms with Crippen LogP contribution >= 0.6 is 12.2 Å². The predicted molar refractivity (Wildman–Crippen MR) is 137 cm³/mol. The molecule has 3 aromatic carbocycles. The Bertz CT molecular complexity index is 1080. The molecule has 1 fully saturated rings. The van der Waals surface area contributed by atoms with Gasteiger partial charge in [0.2, 0.25) is 0 Å². The van der Waals surface area contributed by atoms with Crippen molar-refractivity contribution in [3.8, 4) is 11.5 Å². The van der Waals surface area contributed by atoms with Crippen LogP contribution in [0.4, 0.5) is 5.69 Å². The van der Waals surface area contributed by atoms with E-state index >= 15 is 0 Å². The lowest BCUT2D eigenvalue weighted by atomic mass is 10.2. The highest BCUT2D eigenvalue weighted by Crippen LogP contribution is 2.20. The predicted octanol–water partition coefficient (Wildman–Crippen LogP) is 4.99. The van der Waals surface area contributed by atoms with E-state index in [-0.39, 0.29) is 17.1 Å². The standard InChI is InChI=1S/C27H28N2O4S/c30-26(21-11-13-23(14-12-21)32-17-15-20-6-2-1-3-7-20)29-27(34)28-22-8-4-9-24(18-22)33-19-25-10-5-16-31-25/h1-4,6-9,11-14,18,25H,5,10,15-17,19H2,(H2,28,29,30,34). The minimum absolute atomic E-state index is 0.151. The van der Waals surface area contributed by atoms with Gasteiger partial charge in [0, 0.05) is 30.3 Å². The van der Waals surface area contributed by atoms with E-state index in [1.807, 2.05) is 42.5 Å². The second-order valence-corrected chi connectivity index (χ2v) is 8.40. The first kappa shape index (κ1) is 23.7. The van der Waals surface area contributed by atoms with Gasteiger partial charge in [0.25, 0.3) is 5.91 Å². The fraction of sp³-hybridized carbons (Fsp3) is 0.259. The second kappa shape index (κ2) is 12.2. The lowest BCUT2D eigenvalue weighted by Gasteiger charge is -2.13. The highest BCUT2D eigenvalue weighted by molar-refractivity contribution is 7.80. The van der Waals surface area contributed by atoms with Crippen LogP contribution in [0.1, 0.15) is 28.8 Å². The molecular weight excluding hydrogens is 448 g/mol. The SMILES string of the molecule is O=C(NC(=S)Nc1cccc(OCC2CCCO2)c1)c1ccc(OCCc2ccccc2)cc1. The molecular formula is C27H28N2O4S. The first-order valence-corrected chi connectivity index (χ1v) is 11.8. The van der Waals surface area contributed by atoms with Crippen LogP contribution in [-0.4, -0.2) is 36.9 Å². The van der Waals surface area contributed by atoms with Gasteiger partial charge in [0.15, 0.2) is 5.11 Å². The Morgan fingerprint density at radius 3 is 2.56 bits per heavy atom. The van der Waals surface area contributed by atoms with E-state index in [1.165, 1.54) is 5.56 Å². The highest BCUT2D eigenvalue weighted by Gasteiger charge is 2.16. The Hall–Kier alpha value is -3.42. The Balaban J connectivity index is 1.22. The number of hydrogen-bond donors (Lipinski definition) is 2. The minimum atomic E-state index is -0.292. The third kappa shape index (κ3) is 7.30. The zero-order chi connectivity index (χ0) is 23.6. The van der Waals surface area contributed by atoms with Crippen LogP contribution in [0.3, 0.4) is 0 Å². The van der Waals surface area contributed by atoms with Gasteiger partial charge in [-0.1, -0.05) is 36.4 Å². The quantitative estimate of drug-likeness (QED) is 0.424. The maximum Gasteiger partial charge on any atom is 0.257 e. The summed E-state index contributed by atoms with van der Waals surface area (Å²) >= 11 is 5.31. The molecule has 3 aromatic rings. The van der Waals surface area contributed by atoms with Crippen LogP contribution in [0, 0.1) is 0 Å². The van der Waals surface area contributed by atoms with Gasteiger partial charge in [-0.3, -0.25) is 10.1 Å². The average molecular weight is 477 g/mol. The Morgan fingerprint density at radius 1 is 0.971 bits per heavy atom. The maximum absolute atomic E-state index is 12.6. The molecule has 0 radical (unpaired) electrons. The van der Waals surface area contributed by atoms with Gasteiger partial charge in [-0.15, -0.1) is 0 Å². The van der Waals surface area contributed by atoms with Crippen LogP contribution in [0.25, 0.3) is 0 Å². The third-order valence-corrected chi connectivity index (χ3v) is 5.60. The van der Waals surface area contributed by atoms with Gasteiger partial charge >= 0.3 is 0 Å². The van der Waals surface area contributed by atoms with Crippen molar-refractivity contribution in [3.63, 3.8) is 0 Å². The van der Waals surface area contributed by atoms with Crippen LogP contribution in [0.2, 0.25) is 0 Å². The van der Waals surface area contributed by atoms with E-state index in [4.69, 9.17) is 26.4 Å². The number of hydrogen-bond acceptors (Lipinski definition) is 5. The lowest BCUT2D eigenvalue weighted by Crippen LogP contribution is -2.34. The summed E-state index contributed by atoms with van der Waals surface area (Å²) in [4.78, 5) is 12.6. The summed E-state index contributed by atoms with van der Waals surface area (Å²) in [6, 6.07) is 24.6. The molecule has 0 saturated carbocycles. The number of rotatable bonds is 9. The average Bonchev–Trinajstić information content (AvgIpc) is 3.38. The molecule has 7 heteroatoms. The Labute approximate surface area is 205 Å². The number of anilines is 1. The van der Waals surface area contributed by atoms with Crippen molar-refractivity contribution in [1.29, 1.82) is 0 Å². The first-order chi connectivity index (χ1) is 16.7. The van der Waals surface area contributed by atoms with E-state index in [2.05, 4.69) is 22.8 Å². The molecule has 1 aliphatic rings. The summed E-state index contributed by atoms with van der Waals surface area (Å²) in [5.74, 6) is 1.14. The number of thiocarbonyl (C=S) groups is 1. The lowest BCUT2D eigenvalue weighted by molar-refractivity contribution is 0.0680. The molecule has 4 rings (SSSR count). The van der Waals surface area contributed by atoms with Crippen LogP contribution in [0.15, 0.2) is 78.9 Å². The van der Waals surface area contributed by atoms with Gasteiger partial charge in [0.1, 0.15) is 18.1 Å². The molecule has 1 aliphatic heterocycles. The summed E-state index contributed by atoms with van der Waals surface area (Å²) < 4.78 is 17.2. The Morgan fingerprint density at radius 2 is 1.79 bits per heavy atom. The molecule has 1 amide bonds. The number of carbonyl (C=O) groups excluding carboxylic acids is 1. The summed E-state index contributed by atoms with van der Waals surface area (Å²) in [5.41, 5.74) is 2.45. The fourth-order valence-corrected chi connectivity index (χ4v) is 3.81. The molecule has 0 spiro atoms. The second-order valence-electron chi connectivity index (χ2n) is 7.99. The van der Waals surface area contributed by atoms with Crippen molar-refractivity contribution in [2.75, 3.05) is 25.1 Å². The number of nitrogens with one attached hydrogen (secondary N) is 2. The molecule has 0 bridgehead atoms. The van der Waals surface area contributed by atoms with Crippen LogP contribution in [-0.2, 0) is 11.2 Å². The van der Waals surface area contributed by atoms with Crippen molar-refractivity contribution < 1.29 is 19.0 Å². The largest absolute Gasteiger partial charge is 0.493 e. The van der Waals surface area contributed by atoms with Gasteiger partial charge in [0.05, 0.1) is 12.7 Å². The minimum Gasteiger partial charge on any atom is -0.493 e. The highest BCUT2D eigenvalue weighted by atomic mass is 32.1. The molecule has 34 heavy (non-hydrogen) atoms. The van der Waals surface area contributed by atoms with E-state index < -0.39 is 0 Å². The molecule has 1 atom stereocenters. The van der Waals surface area contributed by atoms with E-state index in [0.29, 0.717) is 24.5 Å². The fourth-order valence-electron chi connectivity index (χ4n) is 3.60. The summed E-state index contributed by atoms with van der Waals surface area (Å²) in [6.45, 7) is 1.89. The smallest absolute Gasteiger partial charge is 0.257 e. The number of amides is 1. The van der Waals surface area contributed by atoms with Crippen molar-refractivity contribution in [3.05, 3.63) is 90.0 Å². The number of carbonyl (C=O) groups is 1. The molecule has 1 unspecified atom stereocenters. The normalized spacial score (nSPS) is 14.9. The molecule has 0 aromatic heterocycles. The van der Waals surface area contributed by atoms with Crippen molar-refractivity contribution in [2.24, 2.45) is 0 Å². The molecule has 6 nitrogen and oxygen atoms in total. The Kier molecular flexibility index (Phi) is 8.48. The summed E-state index contributed by atoms with van der Waals surface area (Å²) in [5, 5.41) is 5.95. The van der Waals surface area contributed by atoms with Crippen LogP contribution in [0.5, 0.6) is 11.5 Å². The third-order valence-electron chi connectivity index (χ3n) is 5.40. The molecule has 1 heterocycles. The van der Waals surface area contributed by atoms with Crippen molar-refractivity contribution in [2.45, 2.75) is 25.4 Å². The topological polar surface area (TPSA) is 68.8 Å².